The molecule has 0 aliphatic carbocycles. The van der Waals surface area contributed by atoms with Gasteiger partial charge in [-0.25, -0.2) is 0 Å². The smallest absolute Gasteiger partial charge is 0.304 e. The first-order valence-electron chi connectivity index (χ1n) is 6.49. The largest absolute Gasteiger partial charge is 0.481 e. The van der Waals surface area contributed by atoms with Gasteiger partial charge in [-0.3, -0.25) is 9.59 Å². The number of para-hydroxylation sites is 1. The second kappa shape index (κ2) is 6.56. The average Bonchev–Trinajstić information content (AvgIpc) is 2.46. The molecule has 4 N–H and O–H groups in total. The minimum Gasteiger partial charge on any atom is -0.481 e. The second-order valence-electron chi connectivity index (χ2n) is 4.67. The molecule has 2 rings (SSSR count). The number of nitrogens with two attached hydrogens (primary N) is 1. The number of carbonyl (C=O) groups excluding carboxylic acids is 1. The normalized spacial score (nSPS) is 11.6. The third-order valence-corrected chi connectivity index (χ3v) is 3.10. The Morgan fingerprint density at radius 2 is 1.57 bits per heavy atom. The molecule has 0 fully saturated rings. The van der Waals surface area contributed by atoms with Crippen molar-refractivity contribution in [1.29, 1.82) is 0 Å². The summed E-state index contributed by atoms with van der Waals surface area (Å²) in [5, 5.41) is 12.0. The van der Waals surface area contributed by atoms with Gasteiger partial charge in [-0.15, -0.1) is 0 Å². The summed E-state index contributed by atoms with van der Waals surface area (Å²) in [7, 11) is 0. The quantitative estimate of drug-likeness (QED) is 0.759. The summed E-state index contributed by atoms with van der Waals surface area (Å²) in [5.74, 6) is -2.50. The van der Waals surface area contributed by atoms with Crippen molar-refractivity contribution in [3.63, 3.8) is 0 Å². The minimum atomic E-state index is -1.05. The highest BCUT2D eigenvalue weighted by molar-refractivity contribution is 5.86. The van der Waals surface area contributed by atoms with E-state index in [1.54, 1.807) is 24.3 Å². The number of nitrogens with one attached hydrogen (secondary N) is 1. The Morgan fingerprint density at radius 3 is 2.10 bits per heavy atom. The van der Waals surface area contributed by atoms with E-state index in [9.17, 15) is 9.59 Å². The molecule has 0 saturated heterocycles. The van der Waals surface area contributed by atoms with Crippen molar-refractivity contribution in [2.24, 2.45) is 5.73 Å². The van der Waals surface area contributed by atoms with Gasteiger partial charge in [-0.2, -0.15) is 0 Å². The van der Waals surface area contributed by atoms with Crippen molar-refractivity contribution in [3.8, 4) is 0 Å². The number of rotatable bonds is 6. The molecule has 5 heteroatoms. The zero-order valence-electron chi connectivity index (χ0n) is 11.3. The molecule has 108 valence electrons. The minimum absolute atomic E-state index is 0.305. The van der Waals surface area contributed by atoms with Crippen LogP contribution in [0.1, 0.15) is 17.9 Å². The number of benzene rings is 2. The molecule has 0 saturated carbocycles. The van der Waals surface area contributed by atoms with Gasteiger partial charge in [-0.1, -0.05) is 30.3 Å². The Bertz CT molecular complexity index is 624. The van der Waals surface area contributed by atoms with Crippen LogP contribution in [0.4, 0.5) is 11.4 Å². The number of hydrogen-bond acceptors (Lipinski definition) is 3. The molecule has 0 aliphatic rings. The van der Waals surface area contributed by atoms with Crippen LogP contribution >= 0.6 is 0 Å². The fourth-order valence-corrected chi connectivity index (χ4v) is 2.04. The average molecular weight is 284 g/mol. The van der Waals surface area contributed by atoms with Crippen LogP contribution < -0.4 is 11.1 Å². The first-order valence-corrected chi connectivity index (χ1v) is 6.49. The first kappa shape index (κ1) is 14.6. The summed E-state index contributed by atoms with van der Waals surface area (Å²) in [5.41, 5.74) is 7.66. The molecule has 2 aromatic carbocycles. The van der Waals surface area contributed by atoms with Crippen LogP contribution in [0.15, 0.2) is 54.6 Å². The molecule has 1 unspecified atom stereocenters. The number of carboxylic acid groups (broad SMARTS) is 1. The van der Waals surface area contributed by atoms with Crippen molar-refractivity contribution in [2.75, 3.05) is 5.32 Å². The number of amides is 1. The maximum absolute atomic E-state index is 11.4. The number of carbonyl (C=O) groups is 2. The number of aliphatic carboxylic acids is 1. The molecular weight excluding hydrogens is 268 g/mol. The number of carboxylic acids is 1. The van der Waals surface area contributed by atoms with E-state index in [1.165, 1.54) is 0 Å². The van der Waals surface area contributed by atoms with Crippen LogP contribution in [-0.4, -0.2) is 17.0 Å². The van der Waals surface area contributed by atoms with Crippen molar-refractivity contribution >= 4 is 23.3 Å². The summed E-state index contributed by atoms with van der Waals surface area (Å²) in [4.78, 5) is 22.1. The Balaban J connectivity index is 2.14. The molecule has 0 radical (unpaired) electrons. The highest BCUT2D eigenvalue weighted by Crippen LogP contribution is 2.23. The van der Waals surface area contributed by atoms with Crippen LogP contribution in [0.3, 0.4) is 0 Å². The molecule has 0 aliphatic heterocycles. The van der Waals surface area contributed by atoms with Gasteiger partial charge < -0.3 is 16.2 Å². The van der Waals surface area contributed by atoms with Crippen LogP contribution in [0.25, 0.3) is 0 Å². The topological polar surface area (TPSA) is 92.4 Å². The summed E-state index contributed by atoms with van der Waals surface area (Å²) in [6.45, 7) is 0. The number of anilines is 2. The lowest BCUT2D eigenvalue weighted by atomic mass is 9.95. The molecule has 0 heterocycles. The Labute approximate surface area is 122 Å². The monoisotopic (exact) mass is 284 g/mol. The van der Waals surface area contributed by atoms with Crippen molar-refractivity contribution < 1.29 is 14.7 Å². The summed E-state index contributed by atoms with van der Waals surface area (Å²) in [6, 6.07) is 16.7. The van der Waals surface area contributed by atoms with E-state index < -0.39 is 17.8 Å². The standard InChI is InChI=1S/C16H16N2O3/c17-16(21)14(10-15(19)20)11-6-8-13(9-7-11)18-12-4-2-1-3-5-12/h1-9,14,18H,10H2,(H2,17,21)(H,19,20). The van der Waals surface area contributed by atoms with Gasteiger partial charge in [0.1, 0.15) is 0 Å². The lowest BCUT2D eigenvalue weighted by Crippen LogP contribution is -2.23. The third-order valence-electron chi connectivity index (χ3n) is 3.10. The van der Waals surface area contributed by atoms with Crippen LogP contribution in [-0.2, 0) is 9.59 Å². The van der Waals surface area contributed by atoms with Crippen molar-refractivity contribution in [1.82, 2.24) is 0 Å². The van der Waals surface area contributed by atoms with E-state index >= 15 is 0 Å². The third kappa shape index (κ3) is 4.07. The van der Waals surface area contributed by atoms with Gasteiger partial charge in [0.15, 0.2) is 0 Å². The maximum atomic E-state index is 11.4. The van der Waals surface area contributed by atoms with Crippen molar-refractivity contribution in [2.45, 2.75) is 12.3 Å². The molecule has 21 heavy (non-hydrogen) atoms. The Hall–Kier alpha value is -2.82. The predicted molar refractivity (Wildman–Crippen MR) is 80.4 cm³/mol. The van der Waals surface area contributed by atoms with Crippen LogP contribution in [0.5, 0.6) is 0 Å². The summed E-state index contributed by atoms with van der Waals surface area (Å²) >= 11 is 0. The van der Waals surface area contributed by atoms with Gasteiger partial charge in [0, 0.05) is 11.4 Å². The van der Waals surface area contributed by atoms with E-state index in [0.717, 1.165) is 11.4 Å². The highest BCUT2D eigenvalue weighted by Gasteiger charge is 2.21. The molecule has 0 aromatic heterocycles. The maximum Gasteiger partial charge on any atom is 0.304 e. The van der Waals surface area contributed by atoms with Crippen LogP contribution in [0.2, 0.25) is 0 Å². The van der Waals surface area contributed by atoms with Crippen molar-refractivity contribution in [3.05, 3.63) is 60.2 Å². The Kier molecular flexibility index (Phi) is 4.56. The molecule has 0 spiro atoms. The SMILES string of the molecule is NC(=O)C(CC(=O)O)c1ccc(Nc2ccccc2)cc1. The number of primary amides is 1. The predicted octanol–water partition coefficient (Wildman–Crippen LogP) is 2.47. The number of hydrogen-bond donors (Lipinski definition) is 3. The van der Waals surface area contributed by atoms with E-state index in [0.29, 0.717) is 5.56 Å². The first-order chi connectivity index (χ1) is 10.1. The lowest BCUT2D eigenvalue weighted by molar-refractivity contribution is -0.139. The van der Waals surface area contributed by atoms with E-state index in [2.05, 4.69) is 5.32 Å². The second-order valence-corrected chi connectivity index (χ2v) is 4.67. The van der Waals surface area contributed by atoms with Gasteiger partial charge in [0.2, 0.25) is 5.91 Å². The molecule has 1 amide bonds. The van der Waals surface area contributed by atoms with Gasteiger partial charge in [0.25, 0.3) is 0 Å². The summed E-state index contributed by atoms with van der Waals surface area (Å²) in [6.07, 6.45) is -0.305. The molecule has 2 aromatic rings. The van der Waals surface area contributed by atoms with Gasteiger partial charge in [0.05, 0.1) is 12.3 Å². The molecule has 5 nitrogen and oxygen atoms in total. The molecule has 1 atom stereocenters. The van der Waals surface area contributed by atoms with E-state index in [-0.39, 0.29) is 6.42 Å². The highest BCUT2D eigenvalue weighted by atomic mass is 16.4. The van der Waals surface area contributed by atoms with E-state index in [4.69, 9.17) is 10.8 Å². The fourth-order valence-electron chi connectivity index (χ4n) is 2.04. The zero-order chi connectivity index (χ0) is 15.2. The van der Waals surface area contributed by atoms with Gasteiger partial charge >= 0.3 is 5.97 Å². The lowest BCUT2D eigenvalue weighted by Gasteiger charge is -2.12. The zero-order valence-corrected chi connectivity index (χ0v) is 11.3. The van der Waals surface area contributed by atoms with E-state index in [1.807, 2.05) is 30.3 Å². The molecule has 0 bridgehead atoms. The summed E-state index contributed by atoms with van der Waals surface area (Å²) < 4.78 is 0. The fraction of sp³-hybridized carbons (Fsp3) is 0.125. The Morgan fingerprint density at radius 1 is 1.00 bits per heavy atom. The van der Waals surface area contributed by atoms with Crippen LogP contribution in [0, 0.1) is 0 Å². The molecular formula is C16H16N2O3. The van der Waals surface area contributed by atoms with Gasteiger partial charge in [-0.05, 0) is 29.8 Å².